The molecule has 0 saturated heterocycles. The van der Waals surface area contributed by atoms with Crippen molar-refractivity contribution in [1.29, 1.82) is 0 Å². The van der Waals surface area contributed by atoms with E-state index >= 15 is 0 Å². The lowest BCUT2D eigenvalue weighted by Gasteiger charge is -2.04. The molecular weight excluding hydrogens is 244 g/mol. The number of hydrogen-bond donors (Lipinski definition) is 0. The van der Waals surface area contributed by atoms with Gasteiger partial charge in [-0.25, -0.2) is 0 Å². The zero-order chi connectivity index (χ0) is 14.0. The first-order valence-electron chi connectivity index (χ1n) is 6.31. The zero-order valence-electron chi connectivity index (χ0n) is 11.3. The smallest absolute Gasteiger partial charge is 0.273 e. The standard InChI is InChI=1S/C14H16N2O3/c1-4-10-6-7-11(8-12(10)16(17)18)14-9(3)15-19-13(14)5-2/h6-8H,4-5H2,1-3H3. The highest BCUT2D eigenvalue weighted by atomic mass is 16.6. The molecule has 0 bridgehead atoms. The van der Waals surface area contributed by atoms with Crippen molar-refractivity contribution in [1.82, 2.24) is 5.16 Å². The SMILES string of the molecule is CCc1ccc(-c2c(C)noc2CC)cc1[N+](=O)[O-]. The fourth-order valence-corrected chi connectivity index (χ4v) is 2.22. The van der Waals surface area contributed by atoms with E-state index in [9.17, 15) is 10.1 Å². The van der Waals surface area contributed by atoms with Crippen LogP contribution in [0.15, 0.2) is 22.7 Å². The van der Waals surface area contributed by atoms with Crippen molar-refractivity contribution in [2.75, 3.05) is 0 Å². The topological polar surface area (TPSA) is 69.2 Å². The van der Waals surface area contributed by atoms with E-state index in [0.29, 0.717) is 12.8 Å². The minimum Gasteiger partial charge on any atom is -0.360 e. The average molecular weight is 260 g/mol. The Morgan fingerprint density at radius 1 is 1.32 bits per heavy atom. The van der Waals surface area contributed by atoms with Crippen molar-refractivity contribution in [2.45, 2.75) is 33.6 Å². The van der Waals surface area contributed by atoms with Gasteiger partial charge in [-0.15, -0.1) is 0 Å². The maximum absolute atomic E-state index is 11.1. The first-order chi connectivity index (χ1) is 9.08. The molecule has 19 heavy (non-hydrogen) atoms. The van der Waals surface area contributed by atoms with Crippen LogP contribution in [0.4, 0.5) is 5.69 Å². The predicted octanol–water partition coefficient (Wildman–Crippen LogP) is 3.68. The van der Waals surface area contributed by atoms with Gasteiger partial charge in [-0.3, -0.25) is 10.1 Å². The third-order valence-electron chi connectivity index (χ3n) is 3.21. The van der Waals surface area contributed by atoms with E-state index in [0.717, 1.165) is 28.1 Å². The van der Waals surface area contributed by atoms with E-state index < -0.39 is 0 Å². The molecule has 5 heteroatoms. The zero-order valence-corrected chi connectivity index (χ0v) is 11.3. The van der Waals surface area contributed by atoms with Crippen LogP contribution >= 0.6 is 0 Å². The first kappa shape index (κ1) is 13.3. The summed E-state index contributed by atoms with van der Waals surface area (Å²) in [5.41, 5.74) is 3.31. The molecule has 0 aliphatic carbocycles. The van der Waals surface area contributed by atoms with Crippen LogP contribution < -0.4 is 0 Å². The molecule has 0 fully saturated rings. The Morgan fingerprint density at radius 3 is 2.63 bits per heavy atom. The molecule has 1 aromatic heterocycles. The number of nitro benzene ring substituents is 1. The molecule has 2 aromatic rings. The van der Waals surface area contributed by atoms with Gasteiger partial charge in [0, 0.05) is 23.6 Å². The summed E-state index contributed by atoms with van der Waals surface area (Å²) in [5, 5.41) is 15.0. The van der Waals surface area contributed by atoms with Crippen molar-refractivity contribution in [3.05, 3.63) is 45.3 Å². The quantitative estimate of drug-likeness (QED) is 0.621. The van der Waals surface area contributed by atoms with E-state index in [4.69, 9.17) is 4.52 Å². The lowest BCUT2D eigenvalue weighted by molar-refractivity contribution is -0.385. The van der Waals surface area contributed by atoms with Crippen molar-refractivity contribution in [2.24, 2.45) is 0 Å². The summed E-state index contributed by atoms with van der Waals surface area (Å²) < 4.78 is 5.24. The monoisotopic (exact) mass is 260 g/mol. The van der Waals surface area contributed by atoms with Crippen molar-refractivity contribution >= 4 is 5.69 Å². The van der Waals surface area contributed by atoms with Crippen LogP contribution in [0.25, 0.3) is 11.1 Å². The molecule has 1 heterocycles. The van der Waals surface area contributed by atoms with Crippen LogP contribution in [-0.2, 0) is 12.8 Å². The summed E-state index contributed by atoms with van der Waals surface area (Å²) >= 11 is 0. The Hall–Kier alpha value is -2.17. The number of nitro groups is 1. The molecule has 0 aliphatic heterocycles. The fourth-order valence-electron chi connectivity index (χ4n) is 2.22. The number of aromatic nitrogens is 1. The van der Waals surface area contributed by atoms with Crippen LogP contribution in [0.5, 0.6) is 0 Å². The molecule has 1 aromatic carbocycles. The normalized spacial score (nSPS) is 10.7. The van der Waals surface area contributed by atoms with E-state index in [1.165, 1.54) is 0 Å². The Morgan fingerprint density at radius 2 is 2.05 bits per heavy atom. The Kier molecular flexibility index (Phi) is 3.64. The van der Waals surface area contributed by atoms with Gasteiger partial charge in [0.15, 0.2) is 0 Å². The van der Waals surface area contributed by atoms with Crippen LogP contribution in [0.3, 0.4) is 0 Å². The number of hydrogen-bond acceptors (Lipinski definition) is 4. The fraction of sp³-hybridized carbons (Fsp3) is 0.357. The summed E-state index contributed by atoms with van der Waals surface area (Å²) in [6.07, 6.45) is 1.35. The summed E-state index contributed by atoms with van der Waals surface area (Å²) in [7, 11) is 0. The summed E-state index contributed by atoms with van der Waals surface area (Å²) in [6, 6.07) is 5.31. The molecule has 0 amide bonds. The second-order valence-corrected chi connectivity index (χ2v) is 4.37. The number of rotatable bonds is 4. The number of aryl methyl sites for hydroxylation is 3. The van der Waals surface area contributed by atoms with Gasteiger partial charge in [0.05, 0.1) is 10.6 Å². The molecule has 0 atom stereocenters. The van der Waals surface area contributed by atoms with E-state index in [2.05, 4.69) is 5.16 Å². The largest absolute Gasteiger partial charge is 0.360 e. The van der Waals surface area contributed by atoms with Gasteiger partial charge in [-0.05, 0) is 18.9 Å². The molecule has 5 nitrogen and oxygen atoms in total. The van der Waals surface area contributed by atoms with Gasteiger partial charge in [-0.2, -0.15) is 0 Å². The van der Waals surface area contributed by atoms with Gasteiger partial charge in [0.2, 0.25) is 0 Å². The minimum atomic E-state index is -0.337. The second-order valence-electron chi connectivity index (χ2n) is 4.37. The van der Waals surface area contributed by atoms with Crippen LogP contribution in [0.1, 0.15) is 30.9 Å². The van der Waals surface area contributed by atoms with Crippen LogP contribution in [0, 0.1) is 17.0 Å². The third kappa shape index (κ3) is 2.36. The number of benzene rings is 1. The van der Waals surface area contributed by atoms with Gasteiger partial charge in [0.25, 0.3) is 5.69 Å². The van der Waals surface area contributed by atoms with Crippen molar-refractivity contribution < 1.29 is 9.45 Å². The molecule has 0 spiro atoms. The maximum atomic E-state index is 11.1. The Bertz CT molecular complexity index is 617. The summed E-state index contributed by atoms with van der Waals surface area (Å²) in [5.74, 6) is 0.760. The Balaban J connectivity index is 2.60. The summed E-state index contributed by atoms with van der Waals surface area (Å²) in [4.78, 5) is 10.8. The summed E-state index contributed by atoms with van der Waals surface area (Å²) in [6.45, 7) is 5.72. The lowest BCUT2D eigenvalue weighted by atomic mass is 9.99. The lowest BCUT2D eigenvalue weighted by Crippen LogP contribution is -1.95. The van der Waals surface area contributed by atoms with Gasteiger partial charge < -0.3 is 4.52 Å². The first-order valence-corrected chi connectivity index (χ1v) is 6.31. The van der Waals surface area contributed by atoms with Crippen molar-refractivity contribution in [3.8, 4) is 11.1 Å². The van der Waals surface area contributed by atoms with Gasteiger partial charge in [0.1, 0.15) is 5.76 Å². The van der Waals surface area contributed by atoms with Gasteiger partial charge >= 0.3 is 0 Å². The highest BCUT2D eigenvalue weighted by Crippen LogP contribution is 2.32. The third-order valence-corrected chi connectivity index (χ3v) is 3.21. The van der Waals surface area contributed by atoms with Crippen LogP contribution in [0.2, 0.25) is 0 Å². The predicted molar refractivity (Wildman–Crippen MR) is 72.1 cm³/mol. The molecule has 2 rings (SSSR count). The van der Waals surface area contributed by atoms with E-state index in [-0.39, 0.29) is 10.6 Å². The minimum absolute atomic E-state index is 0.155. The number of nitrogens with zero attached hydrogens (tertiary/aromatic N) is 2. The highest BCUT2D eigenvalue weighted by Gasteiger charge is 2.18. The Labute approximate surface area is 111 Å². The molecule has 0 saturated carbocycles. The van der Waals surface area contributed by atoms with E-state index in [1.807, 2.05) is 26.8 Å². The molecule has 0 N–H and O–H groups in total. The van der Waals surface area contributed by atoms with Crippen LogP contribution in [-0.4, -0.2) is 10.1 Å². The molecule has 0 unspecified atom stereocenters. The second kappa shape index (κ2) is 5.22. The van der Waals surface area contributed by atoms with Gasteiger partial charge in [-0.1, -0.05) is 31.1 Å². The molecule has 100 valence electrons. The molecular formula is C14H16N2O3. The molecule has 0 aliphatic rings. The molecule has 0 radical (unpaired) electrons. The highest BCUT2D eigenvalue weighted by molar-refractivity contribution is 5.71. The maximum Gasteiger partial charge on any atom is 0.273 e. The van der Waals surface area contributed by atoms with E-state index in [1.54, 1.807) is 12.1 Å². The average Bonchev–Trinajstić information content (AvgIpc) is 2.79. The van der Waals surface area contributed by atoms with Crippen molar-refractivity contribution in [3.63, 3.8) is 0 Å².